The fourth-order valence-corrected chi connectivity index (χ4v) is 2.38. The molecule has 0 saturated carbocycles. The molecule has 2 rings (SSSR count). The predicted molar refractivity (Wildman–Crippen MR) is 102 cm³/mol. The Morgan fingerprint density at radius 2 is 2.04 bits per heavy atom. The molecule has 1 aromatic carbocycles. The molecule has 0 unspecified atom stereocenters. The van der Waals surface area contributed by atoms with Crippen LogP contribution >= 0.6 is 23.2 Å². The number of pyridine rings is 1. The number of hydrogen-bond acceptors (Lipinski definition) is 6. The maximum Gasteiger partial charge on any atom is 0.331 e. The number of benzene rings is 1. The normalized spacial score (nSPS) is 11.9. The van der Waals surface area contributed by atoms with Crippen molar-refractivity contribution in [3.8, 4) is 11.5 Å². The molecule has 1 atom stereocenters. The number of aromatic hydroxyl groups is 1. The Balaban J connectivity index is 1.95. The molecular weight excluding hydrogens is 395 g/mol. The van der Waals surface area contributed by atoms with Gasteiger partial charge in [0.15, 0.2) is 23.4 Å². The van der Waals surface area contributed by atoms with Crippen LogP contribution in [0.25, 0.3) is 6.08 Å². The second kappa shape index (κ2) is 9.25. The maximum absolute atomic E-state index is 12.1. The fourth-order valence-electron chi connectivity index (χ4n) is 1.95. The molecule has 1 heterocycles. The van der Waals surface area contributed by atoms with Crippen LogP contribution < -0.4 is 10.1 Å². The van der Waals surface area contributed by atoms with Crippen LogP contribution in [-0.2, 0) is 14.3 Å². The van der Waals surface area contributed by atoms with E-state index in [-0.39, 0.29) is 22.3 Å². The molecule has 0 aliphatic carbocycles. The SMILES string of the molecule is COc1cc(/C=C/C(=O)O[C@H](C)C(=O)Nc2ncc(Cl)cc2Cl)ccc1O. The lowest BCUT2D eigenvalue weighted by atomic mass is 10.2. The lowest BCUT2D eigenvalue weighted by molar-refractivity contribution is -0.148. The highest BCUT2D eigenvalue weighted by molar-refractivity contribution is 6.36. The van der Waals surface area contributed by atoms with Crippen molar-refractivity contribution in [2.24, 2.45) is 0 Å². The van der Waals surface area contributed by atoms with Gasteiger partial charge < -0.3 is 19.9 Å². The van der Waals surface area contributed by atoms with E-state index >= 15 is 0 Å². The zero-order valence-corrected chi connectivity index (χ0v) is 15.9. The quantitative estimate of drug-likeness (QED) is 0.556. The molecule has 1 aromatic heterocycles. The number of phenols is 1. The third-order valence-corrected chi connectivity index (χ3v) is 3.82. The number of hydrogen-bond donors (Lipinski definition) is 2. The Hall–Kier alpha value is -2.77. The summed E-state index contributed by atoms with van der Waals surface area (Å²) in [5.74, 6) is -0.956. The predicted octanol–water partition coefficient (Wildman–Crippen LogP) is 3.69. The summed E-state index contributed by atoms with van der Waals surface area (Å²) in [5.41, 5.74) is 0.607. The average molecular weight is 411 g/mol. The summed E-state index contributed by atoms with van der Waals surface area (Å²) < 4.78 is 10.0. The van der Waals surface area contributed by atoms with Gasteiger partial charge in [0, 0.05) is 12.3 Å². The van der Waals surface area contributed by atoms with Crippen LogP contribution in [0, 0.1) is 0 Å². The van der Waals surface area contributed by atoms with Crippen molar-refractivity contribution in [3.63, 3.8) is 0 Å². The first-order chi connectivity index (χ1) is 12.8. The number of ether oxygens (including phenoxy) is 2. The molecule has 2 N–H and O–H groups in total. The number of esters is 1. The number of nitrogens with one attached hydrogen (secondary N) is 1. The van der Waals surface area contributed by atoms with E-state index in [1.165, 1.54) is 38.4 Å². The van der Waals surface area contributed by atoms with Gasteiger partial charge in [0.05, 0.1) is 17.2 Å². The summed E-state index contributed by atoms with van der Waals surface area (Å²) in [6, 6.07) is 6.00. The van der Waals surface area contributed by atoms with Crippen molar-refractivity contribution in [1.82, 2.24) is 4.98 Å². The highest BCUT2D eigenvalue weighted by Crippen LogP contribution is 2.26. The number of rotatable bonds is 6. The van der Waals surface area contributed by atoms with Gasteiger partial charge in [-0.2, -0.15) is 0 Å². The number of amides is 1. The van der Waals surface area contributed by atoms with Gasteiger partial charge in [-0.05, 0) is 36.8 Å². The number of nitrogens with zero attached hydrogens (tertiary/aromatic N) is 1. The van der Waals surface area contributed by atoms with Crippen LogP contribution in [0.15, 0.2) is 36.5 Å². The molecule has 0 saturated heterocycles. The Bertz CT molecular complexity index is 886. The number of methoxy groups -OCH3 is 1. The number of carbonyl (C=O) groups excluding carboxylic acids is 2. The minimum absolute atomic E-state index is 0.0167. The molecule has 1 amide bonds. The van der Waals surface area contributed by atoms with Gasteiger partial charge in [-0.1, -0.05) is 29.3 Å². The van der Waals surface area contributed by atoms with Gasteiger partial charge in [-0.3, -0.25) is 4.79 Å². The second-order valence-electron chi connectivity index (χ2n) is 5.32. The molecule has 7 nitrogen and oxygen atoms in total. The van der Waals surface area contributed by atoms with E-state index in [1.54, 1.807) is 12.1 Å². The molecule has 142 valence electrons. The van der Waals surface area contributed by atoms with Gasteiger partial charge >= 0.3 is 5.97 Å². The van der Waals surface area contributed by atoms with E-state index in [0.29, 0.717) is 10.6 Å². The van der Waals surface area contributed by atoms with E-state index in [0.717, 1.165) is 6.08 Å². The van der Waals surface area contributed by atoms with Crippen molar-refractivity contribution in [1.29, 1.82) is 0 Å². The summed E-state index contributed by atoms with van der Waals surface area (Å²) in [4.78, 5) is 27.9. The van der Waals surface area contributed by atoms with Crippen LogP contribution in [0.1, 0.15) is 12.5 Å². The second-order valence-corrected chi connectivity index (χ2v) is 6.16. The summed E-state index contributed by atoms with van der Waals surface area (Å²) in [6.45, 7) is 1.41. The van der Waals surface area contributed by atoms with Crippen molar-refractivity contribution in [2.75, 3.05) is 12.4 Å². The van der Waals surface area contributed by atoms with Crippen LogP contribution in [0.5, 0.6) is 11.5 Å². The molecule has 0 radical (unpaired) electrons. The molecule has 9 heteroatoms. The van der Waals surface area contributed by atoms with E-state index in [4.69, 9.17) is 32.7 Å². The van der Waals surface area contributed by atoms with Crippen molar-refractivity contribution in [2.45, 2.75) is 13.0 Å². The van der Waals surface area contributed by atoms with E-state index < -0.39 is 18.0 Å². The van der Waals surface area contributed by atoms with Gasteiger partial charge in [-0.25, -0.2) is 9.78 Å². The van der Waals surface area contributed by atoms with E-state index in [1.807, 2.05) is 0 Å². The third kappa shape index (κ3) is 5.87. The highest BCUT2D eigenvalue weighted by atomic mass is 35.5. The minimum atomic E-state index is -1.08. The van der Waals surface area contributed by atoms with Crippen molar-refractivity contribution >= 4 is 47.0 Å². The smallest absolute Gasteiger partial charge is 0.331 e. The minimum Gasteiger partial charge on any atom is -0.504 e. The van der Waals surface area contributed by atoms with Crippen LogP contribution in [-0.4, -0.2) is 35.2 Å². The molecule has 0 bridgehead atoms. The Morgan fingerprint density at radius 1 is 1.30 bits per heavy atom. The Kier molecular flexibility index (Phi) is 7.04. The van der Waals surface area contributed by atoms with Gasteiger partial charge in [0.2, 0.25) is 0 Å². The lowest BCUT2D eigenvalue weighted by Gasteiger charge is -2.12. The first kappa shape index (κ1) is 20.5. The van der Waals surface area contributed by atoms with Gasteiger partial charge in [0.1, 0.15) is 0 Å². The third-order valence-electron chi connectivity index (χ3n) is 3.33. The summed E-state index contributed by atoms with van der Waals surface area (Å²) in [5, 5.41) is 12.5. The lowest BCUT2D eigenvalue weighted by Crippen LogP contribution is -2.29. The monoisotopic (exact) mass is 410 g/mol. The maximum atomic E-state index is 12.1. The molecule has 0 aliphatic rings. The summed E-state index contributed by atoms with van der Waals surface area (Å²) >= 11 is 11.7. The Labute approximate surface area is 165 Å². The zero-order valence-electron chi connectivity index (χ0n) is 14.4. The van der Waals surface area contributed by atoms with Crippen LogP contribution in [0.4, 0.5) is 5.82 Å². The molecule has 0 fully saturated rings. The molecule has 2 aromatic rings. The fraction of sp³-hybridized carbons (Fsp3) is 0.167. The topological polar surface area (TPSA) is 97.8 Å². The number of halogens is 2. The molecule has 0 aliphatic heterocycles. The molecular formula is C18H16Cl2N2O5. The molecule has 0 spiro atoms. The summed E-state index contributed by atoms with van der Waals surface area (Å²) in [6.07, 6.45) is 2.87. The number of carbonyl (C=O) groups is 2. The highest BCUT2D eigenvalue weighted by Gasteiger charge is 2.18. The van der Waals surface area contributed by atoms with Crippen molar-refractivity contribution < 1.29 is 24.2 Å². The zero-order chi connectivity index (χ0) is 20.0. The van der Waals surface area contributed by atoms with Gasteiger partial charge in [0.25, 0.3) is 5.91 Å². The number of phenolic OH excluding ortho intramolecular Hbond substituents is 1. The summed E-state index contributed by atoms with van der Waals surface area (Å²) in [7, 11) is 1.42. The largest absolute Gasteiger partial charge is 0.504 e. The average Bonchev–Trinajstić information content (AvgIpc) is 2.63. The number of aromatic nitrogens is 1. The van der Waals surface area contributed by atoms with Crippen LogP contribution in [0.2, 0.25) is 10.0 Å². The standard InChI is InChI=1S/C18H16Cl2N2O5/c1-10(18(25)22-17-13(20)8-12(19)9-21-17)27-16(24)6-4-11-3-5-14(23)15(7-11)26-2/h3-10,23H,1-2H3,(H,21,22,25)/b6-4+/t10-/m1/s1. The first-order valence-corrected chi connectivity index (χ1v) is 8.43. The van der Waals surface area contributed by atoms with Crippen LogP contribution in [0.3, 0.4) is 0 Å². The van der Waals surface area contributed by atoms with Crippen molar-refractivity contribution in [3.05, 3.63) is 52.1 Å². The Morgan fingerprint density at radius 3 is 2.70 bits per heavy atom. The van der Waals surface area contributed by atoms with Gasteiger partial charge in [-0.15, -0.1) is 0 Å². The van der Waals surface area contributed by atoms with E-state index in [9.17, 15) is 14.7 Å². The first-order valence-electron chi connectivity index (χ1n) is 7.67. The molecule has 27 heavy (non-hydrogen) atoms. The van der Waals surface area contributed by atoms with E-state index in [2.05, 4.69) is 10.3 Å². The number of anilines is 1.